The Bertz CT molecular complexity index is 3110. The Hall–Kier alpha value is -7.21. The molecule has 11 aromatic rings. The van der Waals surface area contributed by atoms with Crippen molar-refractivity contribution in [2.75, 3.05) is 4.90 Å². The van der Waals surface area contributed by atoms with Crippen LogP contribution in [0.2, 0.25) is 0 Å². The van der Waals surface area contributed by atoms with Crippen LogP contribution < -0.4 is 4.90 Å². The first-order chi connectivity index (χ1) is 27.7. The first-order valence-corrected chi connectivity index (χ1v) is 19.5. The molecule has 0 saturated carbocycles. The molecule has 3 aromatic heterocycles. The van der Waals surface area contributed by atoms with Crippen LogP contribution in [0.1, 0.15) is 0 Å². The van der Waals surface area contributed by atoms with E-state index in [-0.39, 0.29) is 0 Å². The zero-order valence-electron chi connectivity index (χ0n) is 30.1. The molecule has 0 aliphatic carbocycles. The molecule has 264 valence electrons. The van der Waals surface area contributed by atoms with Gasteiger partial charge < -0.3 is 13.7 Å². The molecule has 4 nitrogen and oxygen atoms in total. The Morgan fingerprint density at radius 1 is 0.393 bits per heavy atom. The molecule has 11 rings (SSSR count). The second kappa shape index (κ2) is 13.3. The van der Waals surface area contributed by atoms with Crippen LogP contribution in [0, 0.1) is 0 Å². The minimum Gasteiger partial charge on any atom is -0.456 e. The third-order valence-electron chi connectivity index (χ3n) is 10.6. The van der Waals surface area contributed by atoms with Crippen molar-refractivity contribution in [2.24, 2.45) is 0 Å². The van der Waals surface area contributed by atoms with Gasteiger partial charge in [0.2, 0.25) is 5.89 Å². The van der Waals surface area contributed by atoms with Crippen molar-refractivity contribution >= 4 is 71.5 Å². The molecular weight excluding hydrogens is 705 g/mol. The van der Waals surface area contributed by atoms with Crippen LogP contribution in [0.3, 0.4) is 0 Å². The number of rotatable bonds is 7. The minimum atomic E-state index is 0.609. The van der Waals surface area contributed by atoms with Gasteiger partial charge in [-0.1, -0.05) is 103 Å². The molecule has 0 amide bonds. The maximum absolute atomic E-state index is 6.21. The molecule has 8 aromatic carbocycles. The van der Waals surface area contributed by atoms with E-state index in [0.29, 0.717) is 5.89 Å². The van der Waals surface area contributed by atoms with E-state index in [2.05, 4.69) is 163 Å². The van der Waals surface area contributed by atoms with Gasteiger partial charge in [-0.25, -0.2) is 4.98 Å². The van der Waals surface area contributed by atoms with Crippen molar-refractivity contribution in [3.63, 3.8) is 0 Å². The number of aromatic nitrogens is 1. The molecular formula is C51H32N2O2S. The number of fused-ring (bicyclic) bond motifs is 5. The molecule has 0 radical (unpaired) electrons. The van der Waals surface area contributed by atoms with Crippen LogP contribution in [0.5, 0.6) is 0 Å². The maximum Gasteiger partial charge on any atom is 0.227 e. The normalized spacial score (nSPS) is 11.6. The highest BCUT2D eigenvalue weighted by Gasteiger charge is 2.16. The second-order valence-electron chi connectivity index (χ2n) is 14.0. The fourth-order valence-electron chi connectivity index (χ4n) is 7.66. The molecule has 0 aliphatic heterocycles. The first kappa shape index (κ1) is 32.2. The van der Waals surface area contributed by atoms with E-state index in [1.807, 2.05) is 47.7 Å². The number of hydrogen-bond donors (Lipinski definition) is 0. The smallest absolute Gasteiger partial charge is 0.227 e. The Balaban J connectivity index is 0.927. The van der Waals surface area contributed by atoms with Crippen molar-refractivity contribution in [3.05, 3.63) is 194 Å². The third kappa shape index (κ3) is 5.74. The van der Waals surface area contributed by atoms with Crippen molar-refractivity contribution in [1.82, 2.24) is 4.98 Å². The number of hydrogen-bond acceptors (Lipinski definition) is 5. The summed E-state index contributed by atoms with van der Waals surface area (Å²) < 4.78 is 13.6. The lowest BCUT2D eigenvalue weighted by molar-refractivity contribution is 0.620. The zero-order chi connectivity index (χ0) is 37.0. The topological polar surface area (TPSA) is 42.4 Å². The summed E-state index contributed by atoms with van der Waals surface area (Å²) in [7, 11) is 0. The number of nitrogens with zero attached hydrogens (tertiary/aromatic N) is 2. The number of oxazole rings is 1. The highest BCUT2D eigenvalue weighted by Crippen LogP contribution is 2.40. The monoisotopic (exact) mass is 736 g/mol. The molecule has 56 heavy (non-hydrogen) atoms. The van der Waals surface area contributed by atoms with Crippen LogP contribution in [0.4, 0.5) is 17.1 Å². The Morgan fingerprint density at radius 3 is 1.62 bits per heavy atom. The van der Waals surface area contributed by atoms with Gasteiger partial charge in [0.1, 0.15) is 16.7 Å². The van der Waals surface area contributed by atoms with Gasteiger partial charge in [-0.15, -0.1) is 11.3 Å². The molecule has 0 N–H and O–H groups in total. The molecule has 0 aliphatic rings. The summed E-state index contributed by atoms with van der Waals surface area (Å²) in [6.07, 6.45) is 0. The van der Waals surface area contributed by atoms with E-state index in [1.165, 1.54) is 31.7 Å². The van der Waals surface area contributed by atoms with Crippen molar-refractivity contribution in [3.8, 4) is 44.1 Å². The van der Waals surface area contributed by atoms with Crippen molar-refractivity contribution < 1.29 is 8.83 Å². The van der Waals surface area contributed by atoms with Crippen LogP contribution in [0.15, 0.2) is 203 Å². The fraction of sp³-hybridized carbons (Fsp3) is 0. The summed E-state index contributed by atoms with van der Waals surface area (Å²) in [5, 5.41) is 3.55. The standard InChI is InChI=1S/C51H32N2O2S/c1-6-12-49-39(7-1)32-50(56-49)36-15-13-33(14-16-36)34-17-24-40(25-18-34)53(42-28-21-37(22-29-42)51-52-45-9-3-5-11-47(45)55-51)41-26-19-35(20-27-41)38-23-30-44-43-8-2-4-10-46(43)54-48(44)31-38/h1-32H. The summed E-state index contributed by atoms with van der Waals surface area (Å²) in [6, 6.07) is 68.3. The summed E-state index contributed by atoms with van der Waals surface area (Å²) in [5.41, 5.74) is 13.3. The first-order valence-electron chi connectivity index (χ1n) is 18.7. The highest BCUT2D eigenvalue weighted by molar-refractivity contribution is 7.22. The fourth-order valence-corrected chi connectivity index (χ4v) is 8.73. The van der Waals surface area contributed by atoms with Crippen LogP contribution in [0.25, 0.3) is 87.3 Å². The lowest BCUT2D eigenvalue weighted by Crippen LogP contribution is -2.09. The largest absolute Gasteiger partial charge is 0.456 e. The van der Waals surface area contributed by atoms with Crippen molar-refractivity contribution in [2.45, 2.75) is 0 Å². The summed E-state index contributed by atoms with van der Waals surface area (Å²) >= 11 is 1.84. The average Bonchev–Trinajstić information content (AvgIpc) is 4.00. The van der Waals surface area contributed by atoms with Gasteiger partial charge in [0.15, 0.2) is 5.58 Å². The molecule has 5 heteroatoms. The lowest BCUT2D eigenvalue weighted by atomic mass is 10.0. The molecule has 0 spiro atoms. The van der Waals surface area contributed by atoms with E-state index in [9.17, 15) is 0 Å². The predicted molar refractivity (Wildman–Crippen MR) is 233 cm³/mol. The molecule has 0 saturated heterocycles. The number of thiophene rings is 1. The zero-order valence-corrected chi connectivity index (χ0v) is 30.9. The van der Waals surface area contributed by atoms with Gasteiger partial charge in [0.25, 0.3) is 0 Å². The van der Waals surface area contributed by atoms with Gasteiger partial charge >= 0.3 is 0 Å². The highest BCUT2D eigenvalue weighted by atomic mass is 32.1. The number of anilines is 3. The summed E-state index contributed by atoms with van der Waals surface area (Å²) in [5.74, 6) is 0.609. The lowest BCUT2D eigenvalue weighted by Gasteiger charge is -2.26. The maximum atomic E-state index is 6.21. The van der Waals surface area contributed by atoms with Gasteiger partial charge in [-0.3, -0.25) is 0 Å². The number of furan rings is 1. The number of para-hydroxylation sites is 3. The Labute approximate surface area is 327 Å². The average molecular weight is 737 g/mol. The van der Waals surface area contributed by atoms with Crippen LogP contribution in [-0.2, 0) is 0 Å². The van der Waals surface area contributed by atoms with E-state index in [4.69, 9.17) is 13.8 Å². The molecule has 0 fully saturated rings. The van der Waals surface area contributed by atoms with Gasteiger partial charge in [0, 0.05) is 43.0 Å². The Morgan fingerprint density at radius 2 is 0.929 bits per heavy atom. The van der Waals surface area contributed by atoms with E-state index >= 15 is 0 Å². The van der Waals surface area contributed by atoms with Crippen LogP contribution in [-0.4, -0.2) is 4.98 Å². The van der Waals surface area contributed by atoms with E-state index in [0.717, 1.165) is 66.8 Å². The van der Waals surface area contributed by atoms with Gasteiger partial charge in [-0.05, 0) is 124 Å². The van der Waals surface area contributed by atoms with E-state index < -0.39 is 0 Å². The number of benzene rings is 8. The van der Waals surface area contributed by atoms with Crippen LogP contribution >= 0.6 is 11.3 Å². The third-order valence-corrected chi connectivity index (χ3v) is 11.7. The van der Waals surface area contributed by atoms with Gasteiger partial charge in [-0.2, -0.15) is 0 Å². The molecule has 3 heterocycles. The quantitative estimate of drug-likeness (QED) is 0.163. The minimum absolute atomic E-state index is 0.609. The molecule has 0 bridgehead atoms. The summed E-state index contributed by atoms with van der Waals surface area (Å²) in [6.45, 7) is 0. The molecule has 0 atom stereocenters. The second-order valence-corrected chi connectivity index (χ2v) is 15.1. The SMILES string of the molecule is c1ccc2sc(-c3ccc(-c4ccc(N(c5ccc(-c6ccc7c(c6)oc6ccccc67)cc5)c5ccc(-c6nc7ccccc7o6)cc5)cc4)cc3)cc2c1. The van der Waals surface area contributed by atoms with E-state index in [1.54, 1.807) is 0 Å². The van der Waals surface area contributed by atoms with Gasteiger partial charge in [0.05, 0.1) is 0 Å². The summed E-state index contributed by atoms with van der Waals surface area (Å²) in [4.78, 5) is 8.30. The van der Waals surface area contributed by atoms with Crippen molar-refractivity contribution in [1.29, 1.82) is 0 Å². The Kier molecular flexibility index (Phi) is 7.64. The predicted octanol–water partition coefficient (Wildman–Crippen LogP) is 15.1. The molecule has 0 unspecified atom stereocenters.